The van der Waals surface area contributed by atoms with Crippen molar-refractivity contribution in [3.05, 3.63) is 0 Å². The van der Waals surface area contributed by atoms with Gasteiger partial charge in [-0.1, -0.05) is 21.6 Å². The van der Waals surface area contributed by atoms with E-state index in [-0.39, 0.29) is 24.7 Å². The van der Waals surface area contributed by atoms with E-state index in [0.717, 1.165) is 21.6 Å². The smallest absolute Gasteiger partial charge is 0.323 e. The second-order valence-electron chi connectivity index (χ2n) is 5.15. The summed E-state index contributed by atoms with van der Waals surface area (Å²) < 4.78 is 0. The number of hydrogen-bond acceptors (Lipinski definition) is 9. The van der Waals surface area contributed by atoms with Crippen LogP contribution in [0.5, 0.6) is 0 Å². The first kappa shape index (κ1) is 24.3. The topological polar surface area (TPSA) is 238 Å². The molecule has 150 valence electrons. The van der Waals surface area contributed by atoms with Gasteiger partial charge in [-0.15, -0.1) is 0 Å². The maximum atomic E-state index is 11.4. The predicted octanol–water partition coefficient (Wildman–Crippen LogP) is -2.18. The van der Waals surface area contributed by atoms with E-state index in [1.807, 2.05) is 0 Å². The molecule has 0 bridgehead atoms. The molecule has 0 aromatic heterocycles. The summed E-state index contributed by atoms with van der Waals surface area (Å²) in [6, 6.07) is -3.63. The van der Waals surface area contributed by atoms with Crippen molar-refractivity contribution < 1.29 is 29.7 Å². The van der Waals surface area contributed by atoms with Gasteiger partial charge in [-0.25, -0.2) is 0 Å². The Morgan fingerprint density at radius 1 is 1.08 bits per heavy atom. The molecule has 14 heteroatoms. The molecule has 0 amide bonds. The van der Waals surface area contributed by atoms with Gasteiger partial charge in [0.15, 0.2) is 5.96 Å². The van der Waals surface area contributed by atoms with E-state index in [4.69, 9.17) is 32.8 Å². The normalized spacial score (nSPS) is 15.5. The molecule has 0 saturated heterocycles. The molecule has 12 N–H and O–H groups in total. The summed E-state index contributed by atoms with van der Waals surface area (Å²) in [5.74, 6) is -3.97. The van der Waals surface area contributed by atoms with Crippen LogP contribution >= 0.6 is 21.6 Å². The number of guanidine groups is 1. The molecule has 0 rings (SSSR count). The molecule has 26 heavy (non-hydrogen) atoms. The number of aliphatic carboxylic acids is 3. The van der Waals surface area contributed by atoms with Crippen molar-refractivity contribution in [3.8, 4) is 0 Å². The molecule has 4 atom stereocenters. The Morgan fingerprint density at radius 3 is 2.15 bits per heavy atom. The molecule has 0 aromatic carbocycles. The van der Waals surface area contributed by atoms with Crippen LogP contribution < -0.4 is 27.8 Å². The molecular weight excluding hydrogens is 388 g/mol. The lowest BCUT2D eigenvalue weighted by Gasteiger charge is -2.25. The van der Waals surface area contributed by atoms with Gasteiger partial charge in [0, 0.05) is 12.3 Å². The van der Waals surface area contributed by atoms with Crippen LogP contribution in [-0.2, 0) is 14.4 Å². The number of carboxylic acids is 3. The van der Waals surface area contributed by atoms with Crippen LogP contribution in [0.1, 0.15) is 12.8 Å². The van der Waals surface area contributed by atoms with E-state index in [2.05, 4.69) is 10.6 Å². The third kappa shape index (κ3) is 10.3. The quantitative estimate of drug-likeness (QED) is 0.0485. The van der Waals surface area contributed by atoms with Gasteiger partial charge in [0.25, 0.3) is 0 Å². The van der Waals surface area contributed by atoms with Gasteiger partial charge in [-0.2, -0.15) is 0 Å². The molecule has 0 aromatic rings. The van der Waals surface area contributed by atoms with Crippen molar-refractivity contribution in [3.63, 3.8) is 0 Å². The molecule has 0 spiro atoms. The largest absolute Gasteiger partial charge is 0.480 e. The summed E-state index contributed by atoms with van der Waals surface area (Å²) in [7, 11) is 1.90. The molecule has 0 aliphatic heterocycles. The molecule has 0 radical (unpaired) electrons. The summed E-state index contributed by atoms with van der Waals surface area (Å²) >= 11 is 0. The number of rotatable bonds is 14. The van der Waals surface area contributed by atoms with Crippen LogP contribution in [-0.4, -0.2) is 75.0 Å². The summed E-state index contributed by atoms with van der Waals surface area (Å²) in [4.78, 5) is 33.2. The standard InChI is InChI=1S/C12H24N6O6S2/c13-5(9(19)20)4-25-26-8(7(14)11(23)24)18-6(10(21)22)2-1-3-17-12(15)16/h5-8,18H,1-4,13-14H2,(H,19,20)(H,21,22)(H,23,24)(H4,15,16,17)/t5-,6-,7-,8?/m0/s1. The molecule has 1 unspecified atom stereocenters. The number of nitrogens with two attached hydrogens (primary N) is 3. The second kappa shape index (κ2) is 12.6. The van der Waals surface area contributed by atoms with Crippen LogP contribution in [0.25, 0.3) is 0 Å². The third-order valence-electron chi connectivity index (χ3n) is 3.00. The van der Waals surface area contributed by atoms with Gasteiger partial charge >= 0.3 is 17.9 Å². The van der Waals surface area contributed by atoms with Gasteiger partial charge in [-0.05, 0) is 12.8 Å². The molecule has 0 aliphatic carbocycles. The van der Waals surface area contributed by atoms with Crippen LogP contribution in [0.3, 0.4) is 0 Å². The Hall–Kier alpha value is -1.74. The average Bonchev–Trinajstić information content (AvgIpc) is 2.54. The fourth-order valence-corrected chi connectivity index (χ4v) is 4.20. The highest BCUT2D eigenvalue weighted by Crippen LogP contribution is 2.28. The Bertz CT molecular complexity index is 511. The lowest BCUT2D eigenvalue weighted by atomic mass is 10.1. The SMILES string of the molecule is N=C(N)NCCC[C@H](NC(SSC[C@H](N)C(=O)O)[C@H](N)C(=O)O)C(=O)O. The zero-order chi connectivity index (χ0) is 20.3. The number of carbonyl (C=O) groups is 3. The van der Waals surface area contributed by atoms with Crippen LogP contribution in [0.15, 0.2) is 0 Å². The average molecular weight is 412 g/mol. The highest BCUT2D eigenvalue weighted by molar-refractivity contribution is 8.77. The number of hydrogen-bond donors (Lipinski definition) is 9. The summed E-state index contributed by atoms with van der Waals surface area (Å²) in [6.45, 7) is 0.284. The Balaban J connectivity index is 4.76. The molecule has 0 aliphatic rings. The minimum Gasteiger partial charge on any atom is -0.480 e. The summed E-state index contributed by atoms with van der Waals surface area (Å²) in [6.07, 6.45) is 0.499. The first-order valence-corrected chi connectivity index (χ1v) is 9.76. The second-order valence-corrected chi connectivity index (χ2v) is 7.70. The van der Waals surface area contributed by atoms with Gasteiger partial charge in [0.2, 0.25) is 0 Å². The number of carboxylic acid groups (broad SMARTS) is 3. The van der Waals surface area contributed by atoms with E-state index >= 15 is 0 Å². The molecular formula is C12H24N6O6S2. The maximum absolute atomic E-state index is 11.4. The number of nitrogens with one attached hydrogen (secondary N) is 3. The van der Waals surface area contributed by atoms with Crippen LogP contribution in [0, 0.1) is 5.41 Å². The first-order valence-electron chi connectivity index (χ1n) is 7.38. The highest BCUT2D eigenvalue weighted by Gasteiger charge is 2.30. The van der Waals surface area contributed by atoms with Crippen LogP contribution in [0.2, 0.25) is 0 Å². The predicted molar refractivity (Wildman–Crippen MR) is 98.8 cm³/mol. The lowest BCUT2D eigenvalue weighted by molar-refractivity contribution is -0.141. The fraction of sp³-hybridized carbons (Fsp3) is 0.667. The van der Waals surface area contributed by atoms with Crippen molar-refractivity contribution in [2.45, 2.75) is 36.3 Å². The summed E-state index contributed by atoms with van der Waals surface area (Å²) in [5.41, 5.74) is 16.1. The van der Waals surface area contributed by atoms with Gasteiger partial charge in [0.1, 0.15) is 18.1 Å². The van der Waals surface area contributed by atoms with E-state index < -0.39 is 41.4 Å². The molecule has 0 fully saturated rings. The Labute approximate surface area is 157 Å². The minimum absolute atomic E-state index is 0.00914. The van der Waals surface area contributed by atoms with Gasteiger partial charge < -0.3 is 37.8 Å². The van der Waals surface area contributed by atoms with Gasteiger partial charge in [0.05, 0.1) is 5.37 Å². The van der Waals surface area contributed by atoms with Gasteiger partial charge in [-0.3, -0.25) is 25.1 Å². The fourth-order valence-electron chi connectivity index (χ4n) is 1.58. The Kier molecular flexibility index (Phi) is 11.7. The molecule has 0 heterocycles. The maximum Gasteiger partial charge on any atom is 0.323 e. The zero-order valence-electron chi connectivity index (χ0n) is 13.8. The van der Waals surface area contributed by atoms with Crippen LogP contribution in [0.4, 0.5) is 0 Å². The summed E-state index contributed by atoms with van der Waals surface area (Å²) in [5, 5.41) is 38.3. The molecule has 0 saturated carbocycles. The third-order valence-corrected chi connectivity index (χ3v) is 5.70. The lowest BCUT2D eigenvalue weighted by Crippen LogP contribution is -2.53. The van der Waals surface area contributed by atoms with E-state index in [9.17, 15) is 19.5 Å². The van der Waals surface area contributed by atoms with E-state index in [0.29, 0.717) is 6.42 Å². The zero-order valence-corrected chi connectivity index (χ0v) is 15.4. The first-order chi connectivity index (χ1) is 12.1. The highest BCUT2D eigenvalue weighted by atomic mass is 33.1. The Morgan fingerprint density at radius 2 is 1.69 bits per heavy atom. The van der Waals surface area contributed by atoms with E-state index in [1.165, 1.54) is 0 Å². The monoisotopic (exact) mass is 412 g/mol. The minimum atomic E-state index is -1.41. The molecule has 12 nitrogen and oxygen atoms in total. The van der Waals surface area contributed by atoms with Crippen molar-refractivity contribution in [2.75, 3.05) is 12.3 Å². The van der Waals surface area contributed by atoms with Crippen molar-refractivity contribution in [1.29, 1.82) is 5.41 Å². The van der Waals surface area contributed by atoms with Crippen molar-refractivity contribution in [1.82, 2.24) is 10.6 Å². The van der Waals surface area contributed by atoms with Crippen molar-refractivity contribution >= 4 is 45.5 Å². The van der Waals surface area contributed by atoms with E-state index in [1.54, 1.807) is 0 Å². The van der Waals surface area contributed by atoms with Crippen molar-refractivity contribution in [2.24, 2.45) is 17.2 Å².